The zero-order valence-electron chi connectivity index (χ0n) is 18.1. The first-order chi connectivity index (χ1) is 16.1. The van der Waals surface area contributed by atoms with Crippen LogP contribution >= 0.6 is 0 Å². The zero-order valence-corrected chi connectivity index (χ0v) is 18.1. The molecule has 0 radical (unpaired) electrons. The van der Waals surface area contributed by atoms with Crippen molar-refractivity contribution < 1.29 is 14.4 Å². The minimum atomic E-state index is -0.438. The van der Waals surface area contributed by atoms with Crippen LogP contribution in [0.3, 0.4) is 0 Å². The molecule has 4 aromatic rings. The van der Waals surface area contributed by atoms with Gasteiger partial charge in [-0.1, -0.05) is 42.5 Å². The summed E-state index contributed by atoms with van der Waals surface area (Å²) < 4.78 is 11.9. The Kier molecular flexibility index (Phi) is 6.80. The third kappa shape index (κ3) is 5.46. The Labute approximate surface area is 191 Å². The standard InChI is InChI=1S/C26H23N3O4/c1-2-32-26-16-19(17-27-28-22-11-13-23(14-12-22)29(30)31)10-15-25(26)33-18-21-8-5-7-20-6-3-4-9-24(20)21/h3-17,28H,2,18H2,1H3/b27-17+. The van der Waals surface area contributed by atoms with Gasteiger partial charge < -0.3 is 9.47 Å². The van der Waals surface area contributed by atoms with Gasteiger partial charge in [0, 0.05) is 12.1 Å². The summed E-state index contributed by atoms with van der Waals surface area (Å²) in [4.78, 5) is 10.3. The minimum absolute atomic E-state index is 0.0324. The van der Waals surface area contributed by atoms with Gasteiger partial charge in [0.05, 0.1) is 23.4 Å². The van der Waals surface area contributed by atoms with Crippen LogP contribution in [0, 0.1) is 10.1 Å². The van der Waals surface area contributed by atoms with E-state index in [9.17, 15) is 10.1 Å². The lowest BCUT2D eigenvalue weighted by atomic mass is 10.1. The lowest BCUT2D eigenvalue weighted by molar-refractivity contribution is -0.384. The highest BCUT2D eigenvalue weighted by Crippen LogP contribution is 2.30. The number of fused-ring (bicyclic) bond motifs is 1. The van der Waals surface area contributed by atoms with E-state index in [-0.39, 0.29) is 5.69 Å². The van der Waals surface area contributed by atoms with Crippen LogP contribution in [0.25, 0.3) is 10.8 Å². The molecule has 0 fully saturated rings. The van der Waals surface area contributed by atoms with Gasteiger partial charge in [-0.3, -0.25) is 15.5 Å². The third-order valence-corrected chi connectivity index (χ3v) is 5.02. The summed E-state index contributed by atoms with van der Waals surface area (Å²) in [7, 11) is 0. The monoisotopic (exact) mass is 441 g/mol. The normalized spacial score (nSPS) is 10.9. The fourth-order valence-corrected chi connectivity index (χ4v) is 3.41. The Morgan fingerprint density at radius 2 is 1.73 bits per heavy atom. The highest BCUT2D eigenvalue weighted by molar-refractivity contribution is 5.85. The molecule has 7 heteroatoms. The number of nitrogens with one attached hydrogen (secondary N) is 1. The Morgan fingerprint density at radius 3 is 2.52 bits per heavy atom. The van der Waals surface area contributed by atoms with Gasteiger partial charge >= 0.3 is 0 Å². The number of non-ortho nitro benzene ring substituents is 1. The Morgan fingerprint density at radius 1 is 0.939 bits per heavy atom. The highest BCUT2D eigenvalue weighted by atomic mass is 16.6. The Hall–Kier alpha value is -4.39. The molecule has 0 saturated carbocycles. The van der Waals surface area contributed by atoms with Crippen molar-refractivity contribution in [2.45, 2.75) is 13.5 Å². The molecular formula is C26H23N3O4. The first kappa shape index (κ1) is 21.8. The second kappa shape index (κ2) is 10.3. The number of rotatable bonds is 9. The summed E-state index contributed by atoms with van der Waals surface area (Å²) in [5.74, 6) is 1.29. The number of hydrogen-bond acceptors (Lipinski definition) is 6. The number of nitrogens with zero attached hydrogens (tertiary/aromatic N) is 2. The van der Waals surface area contributed by atoms with Gasteiger partial charge in [-0.05, 0) is 59.2 Å². The summed E-state index contributed by atoms with van der Waals surface area (Å²) in [6.45, 7) is 2.86. The van der Waals surface area contributed by atoms with E-state index in [0.29, 0.717) is 30.4 Å². The van der Waals surface area contributed by atoms with Crippen LogP contribution < -0.4 is 14.9 Å². The average molecular weight is 441 g/mol. The summed E-state index contributed by atoms with van der Waals surface area (Å²) in [5.41, 5.74) is 5.48. The molecule has 0 aliphatic carbocycles. The van der Waals surface area contributed by atoms with Crippen LogP contribution in [0.1, 0.15) is 18.1 Å². The Bertz CT molecular complexity index is 1280. The van der Waals surface area contributed by atoms with Crippen molar-refractivity contribution in [3.63, 3.8) is 0 Å². The van der Waals surface area contributed by atoms with E-state index in [1.54, 1.807) is 18.3 Å². The van der Waals surface area contributed by atoms with Crippen LogP contribution in [0.5, 0.6) is 11.5 Å². The maximum atomic E-state index is 10.7. The smallest absolute Gasteiger partial charge is 0.269 e. The lowest BCUT2D eigenvalue weighted by Gasteiger charge is -2.13. The molecule has 0 aromatic heterocycles. The van der Waals surface area contributed by atoms with Crippen LogP contribution in [0.4, 0.5) is 11.4 Å². The van der Waals surface area contributed by atoms with E-state index in [2.05, 4.69) is 34.8 Å². The van der Waals surface area contributed by atoms with Crippen molar-refractivity contribution in [3.05, 3.63) is 106 Å². The summed E-state index contributed by atoms with van der Waals surface area (Å²) in [5, 5.41) is 17.3. The molecule has 0 heterocycles. The van der Waals surface area contributed by atoms with E-state index < -0.39 is 4.92 Å². The molecule has 4 rings (SSSR count). The molecule has 0 saturated heterocycles. The van der Waals surface area contributed by atoms with Crippen molar-refractivity contribution in [3.8, 4) is 11.5 Å². The summed E-state index contributed by atoms with van der Waals surface area (Å²) in [6, 6.07) is 26.1. The lowest BCUT2D eigenvalue weighted by Crippen LogP contribution is -2.01. The van der Waals surface area contributed by atoms with Crippen LogP contribution in [-0.4, -0.2) is 17.7 Å². The van der Waals surface area contributed by atoms with Gasteiger partial charge in [0.2, 0.25) is 0 Å². The van der Waals surface area contributed by atoms with E-state index in [1.165, 1.54) is 22.9 Å². The first-order valence-corrected chi connectivity index (χ1v) is 10.5. The predicted molar refractivity (Wildman–Crippen MR) is 130 cm³/mol. The van der Waals surface area contributed by atoms with Crippen LogP contribution in [-0.2, 0) is 6.61 Å². The third-order valence-electron chi connectivity index (χ3n) is 5.02. The van der Waals surface area contributed by atoms with E-state index >= 15 is 0 Å². The molecule has 0 aliphatic rings. The average Bonchev–Trinajstić information content (AvgIpc) is 2.84. The fourth-order valence-electron chi connectivity index (χ4n) is 3.41. The van der Waals surface area contributed by atoms with Crippen molar-refractivity contribution >= 4 is 28.4 Å². The van der Waals surface area contributed by atoms with E-state index in [0.717, 1.165) is 11.1 Å². The Balaban J connectivity index is 1.45. The van der Waals surface area contributed by atoms with Crippen molar-refractivity contribution in [2.24, 2.45) is 5.10 Å². The highest BCUT2D eigenvalue weighted by Gasteiger charge is 2.08. The van der Waals surface area contributed by atoms with Gasteiger partial charge in [0.15, 0.2) is 11.5 Å². The number of hydrazone groups is 1. The van der Waals surface area contributed by atoms with Crippen LogP contribution in [0.2, 0.25) is 0 Å². The van der Waals surface area contributed by atoms with E-state index in [1.807, 2.05) is 43.3 Å². The summed E-state index contributed by atoms with van der Waals surface area (Å²) >= 11 is 0. The summed E-state index contributed by atoms with van der Waals surface area (Å²) in [6.07, 6.45) is 1.65. The molecule has 0 unspecified atom stereocenters. The maximum Gasteiger partial charge on any atom is 0.269 e. The quantitative estimate of drug-likeness (QED) is 0.191. The minimum Gasteiger partial charge on any atom is -0.490 e. The van der Waals surface area contributed by atoms with Gasteiger partial charge in [0.1, 0.15) is 6.61 Å². The number of anilines is 1. The topological polar surface area (TPSA) is 86.0 Å². The van der Waals surface area contributed by atoms with Gasteiger partial charge in [-0.25, -0.2) is 0 Å². The number of benzene rings is 4. The first-order valence-electron chi connectivity index (χ1n) is 10.5. The molecule has 33 heavy (non-hydrogen) atoms. The molecule has 0 amide bonds. The van der Waals surface area contributed by atoms with Gasteiger partial charge in [-0.2, -0.15) is 5.10 Å². The fraction of sp³-hybridized carbons (Fsp3) is 0.115. The zero-order chi connectivity index (χ0) is 23.0. The molecular weight excluding hydrogens is 418 g/mol. The SMILES string of the molecule is CCOc1cc(/C=N/Nc2ccc([N+](=O)[O-])cc2)ccc1OCc1cccc2ccccc12. The molecule has 0 bridgehead atoms. The molecule has 166 valence electrons. The maximum absolute atomic E-state index is 10.7. The predicted octanol–water partition coefficient (Wildman–Crippen LogP) is 6.17. The van der Waals surface area contributed by atoms with E-state index in [4.69, 9.17) is 9.47 Å². The van der Waals surface area contributed by atoms with Crippen molar-refractivity contribution in [2.75, 3.05) is 12.0 Å². The molecule has 1 N–H and O–H groups in total. The second-order valence-corrected chi connectivity index (χ2v) is 7.24. The van der Waals surface area contributed by atoms with Crippen molar-refractivity contribution in [1.29, 1.82) is 0 Å². The number of nitro benzene ring substituents is 1. The van der Waals surface area contributed by atoms with Crippen LogP contribution in [0.15, 0.2) is 90.0 Å². The molecule has 0 spiro atoms. The molecule has 0 atom stereocenters. The molecule has 7 nitrogen and oxygen atoms in total. The molecule has 4 aromatic carbocycles. The second-order valence-electron chi connectivity index (χ2n) is 7.24. The van der Waals surface area contributed by atoms with Crippen molar-refractivity contribution in [1.82, 2.24) is 0 Å². The molecule has 0 aliphatic heterocycles. The number of hydrogen-bond donors (Lipinski definition) is 1. The number of nitro groups is 1. The largest absolute Gasteiger partial charge is 0.490 e. The van der Waals surface area contributed by atoms with Gasteiger partial charge in [-0.15, -0.1) is 0 Å². The van der Waals surface area contributed by atoms with Gasteiger partial charge in [0.25, 0.3) is 5.69 Å². The number of ether oxygens (including phenoxy) is 2.